The van der Waals surface area contributed by atoms with Gasteiger partial charge in [-0.2, -0.15) is 17.9 Å². The highest BCUT2D eigenvalue weighted by Gasteiger charge is 2.39. The van der Waals surface area contributed by atoms with Gasteiger partial charge in [0.25, 0.3) is 5.91 Å². The summed E-state index contributed by atoms with van der Waals surface area (Å²) in [4.78, 5) is 30.1. The standard InChI is InChI=1S/C25H21F4N5O3/c1-14(25(27,28)29)37-21-13-20(34-24(36)33-10-3-2-6-22(33)32-34)18(26)12-17(21)23(35)31-16-7-8-19-15(11-16)5-4-9-30-19/h4-5,7-9,11-14H,2-3,6,10H2,1H3,(H,31,35)/t14-/m0/s1. The van der Waals surface area contributed by atoms with E-state index < -0.39 is 46.7 Å². The van der Waals surface area contributed by atoms with Crippen molar-refractivity contribution in [1.82, 2.24) is 19.3 Å². The third-order valence-corrected chi connectivity index (χ3v) is 6.12. The van der Waals surface area contributed by atoms with E-state index in [-0.39, 0.29) is 0 Å². The first-order valence-electron chi connectivity index (χ1n) is 11.5. The van der Waals surface area contributed by atoms with Gasteiger partial charge in [0.05, 0.1) is 11.1 Å². The van der Waals surface area contributed by atoms with E-state index in [9.17, 15) is 22.8 Å². The lowest BCUT2D eigenvalue weighted by Gasteiger charge is -2.20. The molecule has 4 aromatic rings. The SMILES string of the molecule is C[C@H](Oc1cc(-n2nc3n(c2=O)CCCC3)c(F)cc1C(=O)Nc1ccc2ncccc2c1)C(F)(F)F. The first kappa shape index (κ1) is 24.5. The molecule has 3 heterocycles. The Morgan fingerprint density at radius 3 is 2.73 bits per heavy atom. The van der Waals surface area contributed by atoms with E-state index in [0.29, 0.717) is 35.4 Å². The highest BCUT2D eigenvalue weighted by molar-refractivity contribution is 6.07. The Hall–Kier alpha value is -4.22. The number of fused-ring (bicyclic) bond motifs is 2. The molecule has 0 spiro atoms. The molecule has 1 amide bonds. The van der Waals surface area contributed by atoms with Gasteiger partial charge < -0.3 is 10.1 Å². The summed E-state index contributed by atoms with van der Waals surface area (Å²) in [7, 11) is 0. The zero-order valence-electron chi connectivity index (χ0n) is 19.6. The van der Waals surface area contributed by atoms with Crippen molar-refractivity contribution in [3.05, 3.63) is 76.4 Å². The van der Waals surface area contributed by atoms with Crippen LogP contribution in [0.5, 0.6) is 5.75 Å². The van der Waals surface area contributed by atoms with Gasteiger partial charge in [-0.05, 0) is 50.1 Å². The van der Waals surface area contributed by atoms with Gasteiger partial charge in [0.2, 0.25) is 0 Å². The number of benzene rings is 2. The molecule has 1 N–H and O–H groups in total. The van der Waals surface area contributed by atoms with Crippen molar-refractivity contribution >= 4 is 22.5 Å². The van der Waals surface area contributed by atoms with Crippen LogP contribution in [0.1, 0.15) is 35.9 Å². The average Bonchev–Trinajstić information content (AvgIpc) is 3.20. The van der Waals surface area contributed by atoms with Gasteiger partial charge in [0, 0.05) is 36.3 Å². The van der Waals surface area contributed by atoms with Crippen LogP contribution in [-0.2, 0) is 13.0 Å². The molecule has 0 fully saturated rings. The van der Waals surface area contributed by atoms with Crippen molar-refractivity contribution in [3.63, 3.8) is 0 Å². The summed E-state index contributed by atoms with van der Waals surface area (Å²) in [6.45, 7) is 1.18. The molecular formula is C25H21F4N5O3. The number of hydrogen-bond acceptors (Lipinski definition) is 5. The third-order valence-electron chi connectivity index (χ3n) is 6.12. The molecule has 0 bridgehead atoms. The maximum Gasteiger partial charge on any atom is 0.425 e. The second-order valence-electron chi connectivity index (χ2n) is 8.69. The quantitative estimate of drug-likeness (QED) is 0.391. The van der Waals surface area contributed by atoms with E-state index in [4.69, 9.17) is 4.74 Å². The number of alkyl halides is 3. The predicted molar refractivity (Wildman–Crippen MR) is 127 cm³/mol. The van der Waals surface area contributed by atoms with E-state index in [0.717, 1.165) is 36.6 Å². The number of rotatable bonds is 5. The van der Waals surface area contributed by atoms with E-state index in [1.807, 2.05) is 0 Å². The van der Waals surface area contributed by atoms with Crippen LogP contribution in [0.15, 0.2) is 53.5 Å². The van der Waals surface area contributed by atoms with Gasteiger partial charge in [0.15, 0.2) is 6.10 Å². The minimum atomic E-state index is -4.75. The molecule has 1 atom stereocenters. The number of halogens is 4. The van der Waals surface area contributed by atoms with Crippen LogP contribution < -0.4 is 15.7 Å². The van der Waals surface area contributed by atoms with E-state index in [1.165, 1.54) is 4.57 Å². The molecule has 8 nitrogen and oxygen atoms in total. The summed E-state index contributed by atoms with van der Waals surface area (Å²) in [5, 5.41) is 7.44. The van der Waals surface area contributed by atoms with Gasteiger partial charge in [-0.15, -0.1) is 5.10 Å². The number of carbonyl (C=O) groups is 1. The van der Waals surface area contributed by atoms with Crippen molar-refractivity contribution in [3.8, 4) is 11.4 Å². The molecular weight excluding hydrogens is 494 g/mol. The highest BCUT2D eigenvalue weighted by Crippen LogP contribution is 2.31. The number of pyridine rings is 1. The van der Waals surface area contributed by atoms with Gasteiger partial charge in [-0.25, -0.2) is 9.18 Å². The Kier molecular flexibility index (Phi) is 6.18. The Morgan fingerprint density at radius 1 is 1.16 bits per heavy atom. The Bertz CT molecular complexity index is 1560. The summed E-state index contributed by atoms with van der Waals surface area (Å²) in [6, 6.07) is 9.97. The fraction of sp³-hybridized carbons (Fsp3) is 0.280. The van der Waals surface area contributed by atoms with Crippen molar-refractivity contribution in [2.45, 2.75) is 45.0 Å². The molecule has 37 heavy (non-hydrogen) atoms. The van der Waals surface area contributed by atoms with E-state index in [2.05, 4.69) is 15.4 Å². The number of aromatic nitrogens is 4. The second kappa shape index (κ2) is 9.34. The Labute approximate surface area is 207 Å². The zero-order chi connectivity index (χ0) is 26.3. The summed E-state index contributed by atoms with van der Waals surface area (Å²) in [5.74, 6) is -2.00. The first-order chi connectivity index (χ1) is 17.6. The predicted octanol–water partition coefficient (Wildman–Crippen LogP) is 4.64. The molecule has 0 saturated carbocycles. The molecule has 192 valence electrons. The summed E-state index contributed by atoms with van der Waals surface area (Å²) in [6.07, 6.45) is -3.38. The lowest BCUT2D eigenvalue weighted by molar-refractivity contribution is -0.189. The Morgan fingerprint density at radius 2 is 1.97 bits per heavy atom. The first-order valence-corrected chi connectivity index (χ1v) is 11.5. The smallest absolute Gasteiger partial charge is 0.425 e. The van der Waals surface area contributed by atoms with Crippen molar-refractivity contribution < 1.29 is 27.1 Å². The largest absolute Gasteiger partial charge is 0.480 e. The highest BCUT2D eigenvalue weighted by atomic mass is 19.4. The van der Waals surface area contributed by atoms with E-state index in [1.54, 1.807) is 36.5 Å². The number of hydrogen-bond donors (Lipinski definition) is 1. The fourth-order valence-electron chi connectivity index (χ4n) is 4.15. The number of anilines is 1. The maximum absolute atomic E-state index is 15.3. The summed E-state index contributed by atoms with van der Waals surface area (Å²) in [5.41, 5.74) is -0.509. The molecule has 0 aliphatic carbocycles. The molecule has 2 aromatic carbocycles. The van der Waals surface area contributed by atoms with Crippen LogP contribution in [0, 0.1) is 5.82 Å². The lowest BCUT2D eigenvalue weighted by Crippen LogP contribution is -2.32. The normalized spacial score (nSPS) is 14.3. The second-order valence-corrected chi connectivity index (χ2v) is 8.69. The van der Waals surface area contributed by atoms with Crippen molar-refractivity contribution in [2.24, 2.45) is 0 Å². The topological polar surface area (TPSA) is 91.0 Å². The number of nitrogens with zero attached hydrogens (tertiary/aromatic N) is 4. The van der Waals surface area contributed by atoms with Crippen LogP contribution in [0.4, 0.5) is 23.2 Å². The van der Waals surface area contributed by atoms with Crippen LogP contribution >= 0.6 is 0 Å². The Balaban J connectivity index is 1.55. The van der Waals surface area contributed by atoms with Gasteiger partial charge in [0.1, 0.15) is 23.1 Å². The monoisotopic (exact) mass is 515 g/mol. The molecule has 0 radical (unpaired) electrons. The average molecular weight is 515 g/mol. The molecule has 2 aromatic heterocycles. The maximum atomic E-state index is 15.3. The van der Waals surface area contributed by atoms with Crippen molar-refractivity contribution in [2.75, 3.05) is 5.32 Å². The van der Waals surface area contributed by atoms with Crippen LogP contribution in [-0.4, -0.2) is 37.5 Å². The van der Waals surface area contributed by atoms with E-state index >= 15 is 4.39 Å². The van der Waals surface area contributed by atoms with Crippen LogP contribution in [0.2, 0.25) is 0 Å². The van der Waals surface area contributed by atoms with Gasteiger partial charge >= 0.3 is 11.9 Å². The fourth-order valence-corrected chi connectivity index (χ4v) is 4.15. The molecule has 0 saturated heterocycles. The van der Waals surface area contributed by atoms with Crippen LogP contribution in [0.25, 0.3) is 16.6 Å². The van der Waals surface area contributed by atoms with Crippen molar-refractivity contribution in [1.29, 1.82) is 0 Å². The summed E-state index contributed by atoms with van der Waals surface area (Å²) < 4.78 is 62.5. The number of amides is 1. The number of aryl methyl sites for hydroxylation is 1. The molecule has 12 heteroatoms. The summed E-state index contributed by atoms with van der Waals surface area (Å²) >= 11 is 0. The number of ether oxygens (including phenoxy) is 1. The van der Waals surface area contributed by atoms with Crippen LogP contribution in [0.3, 0.4) is 0 Å². The lowest BCUT2D eigenvalue weighted by atomic mass is 10.1. The van der Waals surface area contributed by atoms with Gasteiger partial charge in [-0.3, -0.25) is 14.3 Å². The number of nitrogens with one attached hydrogen (secondary N) is 1. The molecule has 1 aliphatic heterocycles. The molecule has 1 aliphatic rings. The number of carbonyl (C=O) groups excluding carboxylic acids is 1. The minimum absolute atomic E-state index is 0.322. The zero-order valence-corrected chi connectivity index (χ0v) is 19.6. The molecule has 0 unspecified atom stereocenters. The van der Waals surface area contributed by atoms with Gasteiger partial charge in [-0.1, -0.05) is 6.07 Å². The minimum Gasteiger partial charge on any atom is -0.480 e. The third kappa shape index (κ3) is 4.78. The molecule has 5 rings (SSSR count).